The molecule has 1 aliphatic rings. The van der Waals surface area contributed by atoms with Gasteiger partial charge in [0.2, 0.25) is 5.91 Å². The fourth-order valence-electron chi connectivity index (χ4n) is 3.69. The van der Waals surface area contributed by atoms with Crippen LogP contribution in [0.1, 0.15) is 56.2 Å². The van der Waals surface area contributed by atoms with Crippen molar-refractivity contribution in [2.24, 2.45) is 5.92 Å². The van der Waals surface area contributed by atoms with E-state index in [1.54, 1.807) is 0 Å². The number of nitrogens with zero attached hydrogens (tertiary/aromatic N) is 1. The molecule has 1 saturated heterocycles. The molecule has 0 unspecified atom stereocenters. The molecule has 1 aromatic carbocycles. The van der Waals surface area contributed by atoms with Gasteiger partial charge in [-0.3, -0.25) is 9.59 Å². The zero-order chi connectivity index (χ0) is 20.0. The van der Waals surface area contributed by atoms with Gasteiger partial charge in [0, 0.05) is 25.0 Å². The van der Waals surface area contributed by atoms with E-state index in [9.17, 15) is 9.59 Å². The van der Waals surface area contributed by atoms with Gasteiger partial charge in [0.25, 0.3) is 5.91 Å². The van der Waals surface area contributed by atoms with Crippen LogP contribution in [0.25, 0.3) is 0 Å². The third-order valence-corrected chi connectivity index (χ3v) is 5.73. The summed E-state index contributed by atoms with van der Waals surface area (Å²) in [5, 5.41) is 3.06. The minimum Gasteiger partial charge on any atom is -0.483 e. The Kier molecular flexibility index (Phi) is 7.69. The third-order valence-electron chi connectivity index (χ3n) is 5.73. The lowest BCUT2D eigenvalue weighted by Gasteiger charge is -2.34. The fraction of sp³-hybridized carbons (Fsp3) is 0.636. The van der Waals surface area contributed by atoms with Crippen LogP contribution in [0.2, 0.25) is 0 Å². The molecule has 1 aliphatic heterocycles. The molecule has 1 aromatic rings. The number of ether oxygens (including phenoxy) is 1. The first-order valence-corrected chi connectivity index (χ1v) is 10.1. The molecule has 1 heterocycles. The molecule has 27 heavy (non-hydrogen) atoms. The Balaban J connectivity index is 1.80. The predicted octanol–water partition coefficient (Wildman–Crippen LogP) is 3.53. The lowest BCUT2D eigenvalue weighted by Crippen LogP contribution is -2.48. The van der Waals surface area contributed by atoms with Crippen LogP contribution in [0.3, 0.4) is 0 Å². The summed E-state index contributed by atoms with van der Waals surface area (Å²) in [6.07, 6.45) is 3.39. The van der Waals surface area contributed by atoms with Crippen molar-refractivity contribution in [3.05, 3.63) is 28.8 Å². The number of likely N-dealkylation sites (tertiary alicyclic amines) is 1. The van der Waals surface area contributed by atoms with Gasteiger partial charge in [-0.1, -0.05) is 26.0 Å². The lowest BCUT2D eigenvalue weighted by molar-refractivity contribution is -0.137. The van der Waals surface area contributed by atoms with Crippen molar-refractivity contribution in [2.45, 2.75) is 66.3 Å². The maximum absolute atomic E-state index is 12.5. The van der Waals surface area contributed by atoms with Crippen LogP contribution in [0.15, 0.2) is 12.1 Å². The van der Waals surface area contributed by atoms with E-state index in [1.165, 1.54) is 0 Å². The highest BCUT2D eigenvalue weighted by molar-refractivity contribution is 5.79. The topological polar surface area (TPSA) is 58.6 Å². The number of hydrogen-bond donors (Lipinski definition) is 1. The Bertz CT molecular complexity index is 660. The SMILES string of the molecule is CCC(CC)C(=O)N1CCC(NC(=O)COc2c(C)ccc(C)c2C)CC1. The second-order valence-corrected chi connectivity index (χ2v) is 7.62. The van der Waals surface area contributed by atoms with Crippen molar-refractivity contribution in [3.63, 3.8) is 0 Å². The van der Waals surface area contributed by atoms with E-state index in [0.29, 0.717) is 0 Å². The average molecular weight is 375 g/mol. The van der Waals surface area contributed by atoms with Gasteiger partial charge in [-0.15, -0.1) is 0 Å². The van der Waals surface area contributed by atoms with E-state index >= 15 is 0 Å². The number of carbonyl (C=O) groups excluding carboxylic acids is 2. The first-order valence-electron chi connectivity index (χ1n) is 10.1. The summed E-state index contributed by atoms with van der Waals surface area (Å²) in [5.41, 5.74) is 3.28. The van der Waals surface area contributed by atoms with E-state index in [1.807, 2.05) is 31.7 Å². The summed E-state index contributed by atoms with van der Waals surface area (Å²) in [4.78, 5) is 26.7. The van der Waals surface area contributed by atoms with Crippen molar-refractivity contribution in [1.29, 1.82) is 0 Å². The highest BCUT2D eigenvalue weighted by atomic mass is 16.5. The summed E-state index contributed by atoms with van der Waals surface area (Å²) < 4.78 is 5.80. The van der Waals surface area contributed by atoms with Crippen LogP contribution in [0.4, 0.5) is 0 Å². The Labute approximate surface area is 163 Å². The summed E-state index contributed by atoms with van der Waals surface area (Å²) in [7, 11) is 0. The number of carbonyl (C=O) groups is 2. The van der Waals surface area contributed by atoms with E-state index in [-0.39, 0.29) is 30.4 Å². The van der Waals surface area contributed by atoms with Gasteiger partial charge in [0.05, 0.1) is 0 Å². The summed E-state index contributed by atoms with van der Waals surface area (Å²) in [6, 6.07) is 4.20. The minimum absolute atomic E-state index is 0.0258. The molecule has 2 amide bonds. The number of piperidine rings is 1. The van der Waals surface area contributed by atoms with Gasteiger partial charge < -0.3 is 15.0 Å². The molecule has 5 heteroatoms. The summed E-state index contributed by atoms with van der Waals surface area (Å²) in [6.45, 7) is 11.6. The molecular formula is C22H34N2O3. The van der Waals surface area contributed by atoms with Gasteiger partial charge in [0.15, 0.2) is 6.61 Å². The smallest absolute Gasteiger partial charge is 0.258 e. The molecular weight excluding hydrogens is 340 g/mol. The molecule has 0 atom stereocenters. The molecule has 0 aliphatic carbocycles. The van der Waals surface area contributed by atoms with E-state index in [2.05, 4.69) is 25.2 Å². The number of nitrogens with one attached hydrogen (secondary N) is 1. The lowest BCUT2D eigenvalue weighted by atomic mass is 9.98. The van der Waals surface area contributed by atoms with Gasteiger partial charge in [0.1, 0.15) is 5.75 Å². The maximum Gasteiger partial charge on any atom is 0.258 e. The first kappa shape index (κ1) is 21.3. The minimum atomic E-state index is -0.0972. The van der Waals surface area contributed by atoms with Crippen molar-refractivity contribution >= 4 is 11.8 Å². The Hall–Kier alpha value is -2.04. The number of rotatable bonds is 7. The van der Waals surface area contributed by atoms with Crippen LogP contribution < -0.4 is 10.1 Å². The van der Waals surface area contributed by atoms with Crippen molar-refractivity contribution in [3.8, 4) is 5.75 Å². The largest absolute Gasteiger partial charge is 0.483 e. The number of hydrogen-bond acceptors (Lipinski definition) is 3. The number of amides is 2. The summed E-state index contributed by atoms with van der Waals surface area (Å²) >= 11 is 0. The molecule has 0 saturated carbocycles. The number of benzene rings is 1. The molecule has 0 aromatic heterocycles. The van der Waals surface area contributed by atoms with Crippen LogP contribution in [0.5, 0.6) is 5.75 Å². The summed E-state index contributed by atoms with van der Waals surface area (Å²) in [5.74, 6) is 1.10. The highest BCUT2D eigenvalue weighted by Gasteiger charge is 2.27. The van der Waals surface area contributed by atoms with Gasteiger partial charge >= 0.3 is 0 Å². The Morgan fingerprint density at radius 2 is 1.70 bits per heavy atom. The van der Waals surface area contributed by atoms with Crippen LogP contribution in [0, 0.1) is 26.7 Å². The van der Waals surface area contributed by atoms with E-state index in [4.69, 9.17) is 4.74 Å². The standard InChI is InChI=1S/C22H34N2O3/c1-6-18(7-2)22(26)24-12-10-19(11-13-24)23-20(25)14-27-21-16(4)9-8-15(3)17(21)5/h8-9,18-19H,6-7,10-14H2,1-5H3,(H,23,25). The number of aryl methyl sites for hydroxylation is 2. The molecule has 5 nitrogen and oxygen atoms in total. The molecule has 0 radical (unpaired) electrons. The Morgan fingerprint density at radius 1 is 1.11 bits per heavy atom. The molecule has 0 spiro atoms. The normalized spacial score (nSPS) is 15.1. The van der Waals surface area contributed by atoms with E-state index in [0.717, 1.165) is 61.2 Å². The van der Waals surface area contributed by atoms with Gasteiger partial charge in [-0.2, -0.15) is 0 Å². The second-order valence-electron chi connectivity index (χ2n) is 7.62. The highest BCUT2D eigenvalue weighted by Crippen LogP contribution is 2.25. The van der Waals surface area contributed by atoms with Crippen molar-refractivity contribution in [2.75, 3.05) is 19.7 Å². The molecule has 1 fully saturated rings. The zero-order valence-corrected chi connectivity index (χ0v) is 17.4. The molecule has 2 rings (SSSR count). The predicted molar refractivity (Wildman–Crippen MR) is 108 cm³/mol. The van der Waals surface area contributed by atoms with Crippen molar-refractivity contribution < 1.29 is 14.3 Å². The maximum atomic E-state index is 12.5. The van der Waals surface area contributed by atoms with Gasteiger partial charge in [-0.25, -0.2) is 0 Å². The Morgan fingerprint density at radius 3 is 2.30 bits per heavy atom. The fourth-order valence-corrected chi connectivity index (χ4v) is 3.69. The molecule has 0 bridgehead atoms. The second kappa shape index (κ2) is 9.77. The molecule has 1 N–H and O–H groups in total. The zero-order valence-electron chi connectivity index (χ0n) is 17.4. The molecule has 150 valence electrons. The monoisotopic (exact) mass is 374 g/mol. The van der Waals surface area contributed by atoms with Gasteiger partial charge in [-0.05, 0) is 63.1 Å². The third kappa shape index (κ3) is 5.47. The average Bonchev–Trinajstić information content (AvgIpc) is 2.66. The van der Waals surface area contributed by atoms with Crippen LogP contribution >= 0.6 is 0 Å². The van der Waals surface area contributed by atoms with E-state index < -0.39 is 0 Å². The van der Waals surface area contributed by atoms with Crippen molar-refractivity contribution in [1.82, 2.24) is 10.2 Å². The quantitative estimate of drug-likeness (QED) is 0.794. The van der Waals surface area contributed by atoms with Crippen LogP contribution in [-0.2, 0) is 9.59 Å². The first-order chi connectivity index (χ1) is 12.9. The van der Waals surface area contributed by atoms with Crippen LogP contribution in [-0.4, -0.2) is 42.5 Å².